The Hall–Kier alpha value is -1.73. The monoisotopic (exact) mass is 385 g/mol. The van der Waals surface area contributed by atoms with E-state index < -0.39 is 0 Å². The zero-order chi connectivity index (χ0) is 18.2. The van der Waals surface area contributed by atoms with Crippen LogP contribution >= 0.6 is 23.8 Å². The molecule has 1 heterocycles. The van der Waals surface area contributed by atoms with E-state index in [1.807, 2.05) is 0 Å². The van der Waals surface area contributed by atoms with Crippen molar-refractivity contribution in [1.29, 1.82) is 0 Å². The molecule has 1 aromatic rings. The summed E-state index contributed by atoms with van der Waals surface area (Å²) in [5, 5.41) is 3.82. The first kappa shape index (κ1) is 19.6. The smallest absolute Gasteiger partial charge is 0.269 e. The number of hydrogen-bond acceptors (Lipinski definition) is 4. The van der Waals surface area contributed by atoms with Gasteiger partial charge in [-0.25, -0.2) is 0 Å². The maximum atomic E-state index is 12.2. The zero-order valence-corrected chi connectivity index (χ0v) is 16.1. The lowest BCUT2D eigenvalue weighted by molar-refractivity contribution is 0.0943. The molecule has 25 heavy (non-hydrogen) atoms. The summed E-state index contributed by atoms with van der Waals surface area (Å²) in [6, 6.07) is 3.11. The van der Waals surface area contributed by atoms with Crippen LogP contribution in [0, 0.1) is 5.92 Å². The van der Waals surface area contributed by atoms with Gasteiger partial charge in [-0.3, -0.25) is 15.6 Å². The van der Waals surface area contributed by atoms with Crippen LogP contribution < -0.4 is 25.6 Å². The van der Waals surface area contributed by atoms with Gasteiger partial charge in [0, 0.05) is 12.1 Å². The van der Waals surface area contributed by atoms with E-state index in [1.54, 1.807) is 6.07 Å². The largest absolute Gasteiger partial charge is 0.454 e. The molecule has 0 aliphatic carbocycles. The van der Waals surface area contributed by atoms with E-state index in [2.05, 4.69) is 30.0 Å². The van der Waals surface area contributed by atoms with Crippen LogP contribution in [0.3, 0.4) is 0 Å². The molecule has 0 saturated carbocycles. The van der Waals surface area contributed by atoms with Gasteiger partial charge in [0.25, 0.3) is 5.91 Å². The SMILES string of the molecule is CCCCC[C@H](C)CNC(=S)NNC(=O)c1cc(Cl)c2c(c1)OCO2. The predicted molar refractivity (Wildman–Crippen MR) is 102 cm³/mol. The van der Waals surface area contributed by atoms with E-state index in [4.69, 9.17) is 33.3 Å². The van der Waals surface area contributed by atoms with Crippen molar-refractivity contribution in [2.45, 2.75) is 39.5 Å². The second-order valence-corrected chi connectivity index (χ2v) is 6.90. The molecular weight excluding hydrogens is 362 g/mol. The van der Waals surface area contributed by atoms with Crippen LogP contribution in [-0.2, 0) is 0 Å². The predicted octanol–water partition coefficient (Wildman–Crippen LogP) is 3.39. The van der Waals surface area contributed by atoms with Crippen molar-refractivity contribution in [3.8, 4) is 11.5 Å². The molecule has 1 aliphatic heterocycles. The number of benzene rings is 1. The molecule has 0 unspecified atom stereocenters. The number of ether oxygens (including phenoxy) is 2. The average Bonchev–Trinajstić information content (AvgIpc) is 3.07. The highest BCUT2D eigenvalue weighted by molar-refractivity contribution is 7.80. The minimum Gasteiger partial charge on any atom is -0.454 e. The summed E-state index contributed by atoms with van der Waals surface area (Å²) in [4.78, 5) is 12.2. The fourth-order valence-corrected chi connectivity index (χ4v) is 2.84. The average molecular weight is 386 g/mol. The van der Waals surface area contributed by atoms with Crippen molar-refractivity contribution in [2.24, 2.45) is 5.92 Å². The number of carbonyl (C=O) groups excluding carboxylic acids is 1. The summed E-state index contributed by atoms with van der Waals surface area (Å²) in [5.41, 5.74) is 5.60. The molecule has 0 bridgehead atoms. The fraction of sp³-hybridized carbons (Fsp3) is 0.529. The van der Waals surface area contributed by atoms with Gasteiger partial charge < -0.3 is 14.8 Å². The highest BCUT2D eigenvalue weighted by Crippen LogP contribution is 2.39. The Bertz CT molecular complexity index is 627. The van der Waals surface area contributed by atoms with E-state index in [-0.39, 0.29) is 12.7 Å². The molecule has 1 aromatic carbocycles. The highest BCUT2D eigenvalue weighted by atomic mass is 35.5. The number of carbonyl (C=O) groups is 1. The van der Waals surface area contributed by atoms with Gasteiger partial charge in [-0.05, 0) is 36.7 Å². The van der Waals surface area contributed by atoms with Crippen molar-refractivity contribution >= 4 is 34.8 Å². The number of fused-ring (bicyclic) bond motifs is 1. The number of nitrogens with one attached hydrogen (secondary N) is 3. The zero-order valence-electron chi connectivity index (χ0n) is 14.5. The molecule has 2 rings (SSSR count). The Labute approximate surface area is 158 Å². The van der Waals surface area contributed by atoms with Gasteiger partial charge in [0.15, 0.2) is 16.6 Å². The fourth-order valence-electron chi connectivity index (χ4n) is 2.44. The molecular formula is C17H24ClN3O3S. The maximum Gasteiger partial charge on any atom is 0.269 e. The van der Waals surface area contributed by atoms with Crippen molar-refractivity contribution < 1.29 is 14.3 Å². The lowest BCUT2D eigenvalue weighted by Crippen LogP contribution is -2.47. The molecule has 0 fully saturated rings. The Morgan fingerprint density at radius 2 is 2.12 bits per heavy atom. The van der Waals surface area contributed by atoms with Gasteiger partial charge in [0.1, 0.15) is 0 Å². The van der Waals surface area contributed by atoms with E-state index >= 15 is 0 Å². The molecule has 138 valence electrons. The normalized spacial score (nSPS) is 13.2. The first-order valence-corrected chi connectivity index (χ1v) is 9.23. The molecule has 1 atom stereocenters. The van der Waals surface area contributed by atoms with Crippen LogP contribution in [0.4, 0.5) is 0 Å². The molecule has 3 N–H and O–H groups in total. The van der Waals surface area contributed by atoms with Gasteiger partial charge in [0.2, 0.25) is 6.79 Å². The summed E-state index contributed by atoms with van der Waals surface area (Å²) in [7, 11) is 0. The summed E-state index contributed by atoms with van der Waals surface area (Å²) in [6.07, 6.45) is 4.85. The second-order valence-electron chi connectivity index (χ2n) is 6.08. The number of hydrogen-bond donors (Lipinski definition) is 3. The van der Waals surface area contributed by atoms with Gasteiger partial charge in [-0.1, -0.05) is 44.7 Å². The summed E-state index contributed by atoms with van der Waals surface area (Å²) in [5.74, 6) is 1.08. The van der Waals surface area contributed by atoms with Crippen molar-refractivity contribution in [3.63, 3.8) is 0 Å². The summed E-state index contributed by atoms with van der Waals surface area (Å²) in [6.45, 7) is 5.24. The standard InChI is InChI=1S/C17H24ClN3O3S/c1-3-4-5-6-11(2)9-19-17(25)21-20-16(22)12-7-13(18)15-14(8-12)23-10-24-15/h7-8,11H,3-6,9-10H2,1-2H3,(H,20,22)(H2,19,21,25)/t11-/m0/s1. The van der Waals surface area contributed by atoms with Gasteiger partial charge in [0.05, 0.1) is 5.02 Å². The van der Waals surface area contributed by atoms with Crippen LogP contribution in [0.5, 0.6) is 11.5 Å². The number of amides is 1. The quantitative estimate of drug-likeness (QED) is 0.379. The number of halogens is 1. The van der Waals surface area contributed by atoms with Crippen molar-refractivity contribution in [2.75, 3.05) is 13.3 Å². The highest BCUT2D eigenvalue weighted by Gasteiger charge is 2.20. The summed E-state index contributed by atoms with van der Waals surface area (Å²) < 4.78 is 10.5. The van der Waals surface area contributed by atoms with Gasteiger partial charge in [-0.15, -0.1) is 0 Å². The third kappa shape index (κ3) is 5.93. The second kappa shape index (κ2) is 9.68. The van der Waals surface area contributed by atoms with E-state index in [1.165, 1.54) is 25.3 Å². The Morgan fingerprint density at radius 3 is 2.88 bits per heavy atom. The number of thiocarbonyl (C=S) groups is 1. The van der Waals surface area contributed by atoms with E-state index in [9.17, 15) is 4.79 Å². The number of hydrazine groups is 1. The Balaban J connectivity index is 1.74. The van der Waals surface area contributed by atoms with Crippen LogP contribution in [0.1, 0.15) is 49.9 Å². The first-order chi connectivity index (χ1) is 12.0. The molecule has 0 saturated heterocycles. The topological polar surface area (TPSA) is 71.6 Å². The molecule has 6 nitrogen and oxygen atoms in total. The molecule has 1 amide bonds. The molecule has 0 radical (unpaired) electrons. The third-order valence-electron chi connectivity index (χ3n) is 3.89. The minimum atomic E-state index is -0.361. The lowest BCUT2D eigenvalue weighted by Gasteiger charge is -2.15. The summed E-state index contributed by atoms with van der Waals surface area (Å²) >= 11 is 11.2. The minimum absolute atomic E-state index is 0.100. The third-order valence-corrected chi connectivity index (χ3v) is 4.42. The maximum absolute atomic E-state index is 12.2. The first-order valence-electron chi connectivity index (χ1n) is 8.44. The van der Waals surface area contributed by atoms with Crippen LogP contribution in [-0.4, -0.2) is 24.4 Å². The molecule has 1 aliphatic rings. The van der Waals surface area contributed by atoms with Crippen LogP contribution in [0.15, 0.2) is 12.1 Å². The Kier molecular flexibility index (Phi) is 7.58. The number of rotatable bonds is 7. The van der Waals surface area contributed by atoms with Gasteiger partial charge in [-0.2, -0.15) is 0 Å². The van der Waals surface area contributed by atoms with Crippen LogP contribution in [0.25, 0.3) is 0 Å². The van der Waals surface area contributed by atoms with E-state index in [0.717, 1.165) is 13.0 Å². The lowest BCUT2D eigenvalue weighted by atomic mass is 10.0. The molecule has 0 spiro atoms. The molecule has 8 heteroatoms. The Morgan fingerprint density at radius 1 is 1.32 bits per heavy atom. The van der Waals surface area contributed by atoms with Crippen molar-refractivity contribution in [1.82, 2.24) is 16.2 Å². The van der Waals surface area contributed by atoms with Crippen molar-refractivity contribution in [3.05, 3.63) is 22.7 Å². The number of unbranched alkanes of at least 4 members (excludes halogenated alkanes) is 2. The van der Waals surface area contributed by atoms with Gasteiger partial charge >= 0.3 is 0 Å². The van der Waals surface area contributed by atoms with Crippen LogP contribution in [0.2, 0.25) is 5.02 Å². The van der Waals surface area contributed by atoms with E-state index in [0.29, 0.717) is 33.1 Å². The molecule has 0 aromatic heterocycles.